The van der Waals surface area contributed by atoms with Crippen molar-refractivity contribution in [1.29, 1.82) is 0 Å². The van der Waals surface area contributed by atoms with E-state index < -0.39 is 0 Å². The molecular weight excluding hydrogens is 216 g/mol. The van der Waals surface area contributed by atoms with Crippen molar-refractivity contribution in [1.82, 2.24) is 5.32 Å². The Labute approximate surface area is 101 Å². The van der Waals surface area contributed by atoms with E-state index in [1.807, 2.05) is 25.1 Å². The molecule has 0 fully saturated rings. The molecule has 4 heteroatoms. The van der Waals surface area contributed by atoms with Gasteiger partial charge >= 0.3 is 0 Å². The maximum atomic E-state index is 10.8. The molecule has 0 saturated carbocycles. The highest BCUT2D eigenvalue weighted by atomic mass is 16.5. The van der Waals surface area contributed by atoms with Crippen molar-refractivity contribution in [3.8, 4) is 5.75 Å². The third-order valence-electron chi connectivity index (χ3n) is 3.02. The van der Waals surface area contributed by atoms with Crippen LogP contribution >= 0.6 is 0 Å². The molecule has 1 heterocycles. The van der Waals surface area contributed by atoms with Gasteiger partial charge < -0.3 is 15.8 Å². The van der Waals surface area contributed by atoms with Crippen LogP contribution in [0.1, 0.15) is 24.8 Å². The van der Waals surface area contributed by atoms with Crippen molar-refractivity contribution in [2.75, 3.05) is 13.2 Å². The molecule has 0 aromatic heterocycles. The zero-order valence-corrected chi connectivity index (χ0v) is 9.98. The van der Waals surface area contributed by atoms with Crippen LogP contribution in [0.2, 0.25) is 0 Å². The monoisotopic (exact) mass is 234 g/mol. The predicted molar refractivity (Wildman–Crippen MR) is 66.0 cm³/mol. The van der Waals surface area contributed by atoms with Gasteiger partial charge in [-0.2, -0.15) is 0 Å². The Morgan fingerprint density at radius 1 is 1.59 bits per heavy atom. The number of carbonyl (C=O) groups is 1. The Morgan fingerprint density at radius 2 is 2.35 bits per heavy atom. The van der Waals surface area contributed by atoms with Crippen LogP contribution < -0.4 is 15.8 Å². The molecule has 1 aliphatic heterocycles. The number of nitrogens with one attached hydrogen (secondary N) is 1. The standard InChI is InChI=1S/C13H18N2O2/c1-9(6-13(14)16)15-7-10-8-17-12-5-3-2-4-11(10)12/h2-5,9-10,15H,6-8H2,1H3,(H2,14,16). The Balaban J connectivity index is 1.87. The van der Waals surface area contributed by atoms with E-state index in [2.05, 4.69) is 11.4 Å². The quantitative estimate of drug-likeness (QED) is 0.799. The lowest BCUT2D eigenvalue weighted by Gasteiger charge is -2.15. The van der Waals surface area contributed by atoms with Crippen LogP contribution in [0.15, 0.2) is 24.3 Å². The first-order valence-electron chi connectivity index (χ1n) is 5.90. The number of hydrogen-bond donors (Lipinski definition) is 2. The van der Waals surface area contributed by atoms with Gasteiger partial charge in [-0.15, -0.1) is 0 Å². The van der Waals surface area contributed by atoms with Crippen LogP contribution in [0.5, 0.6) is 5.75 Å². The second-order valence-corrected chi connectivity index (χ2v) is 4.53. The number of hydrogen-bond acceptors (Lipinski definition) is 3. The number of primary amides is 1. The van der Waals surface area contributed by atoms with Gasteiger partial charge in [-0.25, -0.2) is 0 Å². The molecule has 3 N–H and O–H groups in total. The van der Waals surface area contributed by atoms with Gasteiger partial charge in [0.1, 0.15) is 5.75 Å². The Kier molecular flexibility index (Phi) is 3.64. The molecule has 2 atom stereocenters. The van der Waals surface area contributed by atoms with E-state index in [9.17, 15) is 4.79 Å². The second-order valence-electron chi connectivity index (χ2n) is 4.53. The molecule has 0 radical (unpaired) electrons. The molecule has 1 aromatic rings. The van der Waals surface area contributed by atoms with Gasteiger partial charge in [-0.05, 0) is 13.0 Å². The molecule has 0 aliphatic carbocycles. The number of ether oxygens (including phenoxy) is 1. The summed E-state index contributed by atoms with van der Waals surface area (Å²) in [6.45, 7) is 3.48. The number of para-hydroxylation sites is 1. The third kappa shape index (κ3) is 2.97. The van der Waals surface area contributed by atoms with Crippen LogP contribution in [0.3, 0.4) is 0 Å². The zero-order chi connectivity index (χ0) is 12.3. The van der Waals surface area contributed by atoms with E-state index >= 15 is 0 Å². The molecule has 2 unspecified atom stereocenters. The Bertz CT molecular complexity index is 406. The normalized spacial score (nSPS) is 19.5. The molecule has 17 heavy (non-hydrogen) atoms. The number of amides is 1. The molecule has 0 spiro atoms. The van der Waals surface area contributed by atoms with Gasteiger partial charge in [-0.1, -0.05) is 18.2 Å². The molecule has 1 aromatic carbocycles. The summed E-state index contributed by atoms with van der Waals surface area (Å²) in [5.74, 6) is 1.07. The average Bonchev–Trinajstić information content (AvgIpc) is 2.69. The molecule has 1 aliphatic rings. The Hall–Kier alpha value is -1.55. The van der Waals surface area contributed by atoms with Gasteiger partial charge in [0, 0.05) is 30.5 Å². The molecule has 4 nitrogen and oxygen atoms in total. The minimum Gasteiger partial charge on any atom is -0.493 e. The van der Waals surface area contributed by atoms with Gasteiger partial charge in [-0.3, -0.25) is 4.79 Å². The lowest BCUT2D eigenvalue weighted by atomic mass is 10.0. The first-order chi connectivity index (χ1) is 8.16. The number of nitrogens with two attached hydrogens (primary N) is 1. The average molecular weight is 234 g/mol. The van der Waals surface area contributed by atoms with Crippen LogP contribution in [-0.4, -0.2) is 25.1 Å². The second kappa shape index (κ2) is 5.19. The minimum atomic E-state index is -0.270. The van der Waals surface area contributed by atoms with Gasteiger partial charge in [0.05, 0.1) is 6.61 Å². The van der Waals surface area contributed by atoms with Crippen molar-refractivity contribution in [3.63, 3.8) is 0 Å². The fourth-order valence-corrected chi connectivity index (χ4v) is 2.12. The van der Waals surface area contributed by atoms with E-state index in [4.69, 9.17) is 10.5 Å². The van der Waals surface area contributed by atoms with Crippen LogP contribution in [0.25, 0.3) is 0 Å². The van der Waals surface area contributed by atoms with Crippen LogP contribution in [-0.2, 0) is 4.79 Å². The first kappa shape index (κ1) is 11.9. The van der Waals surface area contributed by atoms with Gasteiger partial charge in [0.25, 0.3) is 0 Å². The summed E-state index contributed by atoms with van der Waals surface area (Å²) in [4.78, 5) is 10.8. The molecule has 1 amide bonds. The largest absolute Gasteiger partial charge is 0.493 e. The number of fused-ring (bicyclic) bond motifs is 1. The molecule has 0 bridgehead atoms. The fourth-order valence-electron chi connectivity index (χ4n) is 2.12. The lowest BCUT2D eigenvalue weighted by molar-refractivity contribution is -0.118. The maximum absolute atomic E-state index is 10.8. The topological polar surface area (TPSA) is 64.4 Å². The van der Waals surface area contributed by atoms with Crippen LogP contribution in [0, 0.1) is 0 Å². The van der Waals surface area contributed by atoms with Gasteiger partial charge in [0.2, 0.25) is 5.91 Å². The Morgan fingerprint density at radius 3 is 3.12 bits per heavy atom. The molecule has 2 rings (SSSR count). The number of benzene rings is 1. The fraction of sp³-hybridized carbons (Fsp3) is 0.462. The number of rotatable bonds is 5. The zero-order valence-electron chi connectivity index (χ0n) is 9.98. The summed E-state index contributed by atoms with van der Waals surface area (Å²) in [6, 6.07) is 8.19. The van der Waals surface area contributed by atoms with Crippen molar-refractivity contribution < 1.29 is 9.53 Å². The summed E-state index contributed by atoms with van der Waals surface area (Å²) >= 11 is 0. The maximum Gasteiger partial charge on any atom is 0.218 e. The van der Waals surface area contributed by atoms with E-state index in [0.717, 1.165) is 12.3 Å². The summed E-state index contributed by atoms with van der Waals surface area (Å²) in [5, 5.41) is 3.32. The summed E-state index contributed by atoms with van der Waals surface area (Å²) in [6.07, 6.45) is 0.370. The summed E-state index contributed by atoms with van der Waals surface area (Å²) in [7, 11) is 0. The minimum absolute atomic E-state index is 0.111. The summed E-state index contributed by atoms with van der Waals surface area (Å²) < 4.78 is 5.59. The highest BCUT2D eigenvalue weighted by molar-refractivity contribution is 5.74. The highest BCUT2D eigenvalue weighted by Crippen LogP contribution is 2.32. The SMILES string of the molecule is CC(CC(N)=O)NCC1COc2ccccc21. The van der Waals surface area contributed by atoms with Crippen LogP contribution in [0.4, 0.5) is 0 Å². The first-order valence-corrected chi connectivity index (χ1v) is 5.90. The van der Waals surface area contributed by atoms with E-state index in [1.165, 1.54) is 5.56 Å². The highest BCUT2D eigenvalue weighted by Gasteiger charge is 2.23. The van der Waals surface area contributed by atoms with Crippen molar-refractivity contribution in [2.45, 2.75) is 25.3 Å². The lowest BCUT2D eigenvalue weighted by Crippen LogP contribution is -2.34. The molecule has 92 valence electrons. The van der Waals surface area contributed by atoms with Crippen molar-refractivity contribution in [2.24, 2.45) is 5.73 Å². The summed E-state index contributed by atoms with van der Waals surface area (Å²) in [5.41, 5.74) is 6.39. The molecular formula is C13H18N2O2. The van der Waals surface area contributed by atoms with Gasteiger partial charge in [0.15, 0.2) is 0 Å². The van der Waals surface area contributed by atoms with E-state index in [-0.39, 0.29) is 11.9 Å². The van der Waals surface area contributed by atoms with Crippen molar-refractivity contribution in [3.05, 3.63) is 29.8 Å². The smallest absolute Gasteiger partial charge is 0.218 e. The van der Waals surface area contributed by atoms with Crippen molar-refractivity contribution >= 4 is 5.91 Å². The number of carbonyl (C=O) groups excluding carboxylic acids is 1. The third-order valence-corrected chi connectivity index (χ3v) is 3.02. The van der Waals surface area contributed by atoms with E-state index in [0.29, 0.717) is 18.9 Å². The predicted octanol–water partition coefficient (Wildman–Crippen LogP) is 1.02. The molecule has 0 saturated heterocycles. The van der Waals surface area contributed by atoms with E-state index in [1.54, 1.807) is 0 Å².